The van der Waals surface area contributed by atoms with Gasteiger partial charge in [-0.1, -0.05) is 6.92 Å². The lowest BCUT2D eigenvalue weighted by Gasteiger charge is -2.11. The Morgan fingerprint density at radius 1 is 1.21 bits per heavy atom. The van der Waals surface area contributed by atoms with E-state index in [-0.39, 0.29) is 17.7 Å². The summed E-state index contributed by atoms with van der Waals surface area (Å²) in [6.07, 6.45) is 0. The van der Waals surface area contributed by atoms with Crippen LogP contribution in [0.2, 0.25) is 0 Å². The molecule has 0 fully saturated rings. The van der Waals surface area contributed by atoms with Crippen molar-refractivity contribution in [3.05, 3.63) is 0 Å². The maximum absolute atomic E-state index is 11.3. The van der Waals surface area contributed by atoms with Crippen LogP contribution in [0.4, 0.5) is 0 Å². The molecule has 0 aromatic rings. The summed E-state index contributed by atoms with van der Waals surface area (Å²) in [4.78, 5) is 21.8. The average Bonchev–Trinajstić information content (AvgIpc) is 2.12. The first-order chi connectivity index (χ1) is 6.57. The third-order valence-corrected chi connectivity index (χ3v) is 1.76. The fourth-order valence-corrected chi connectivity index (χ4v) is 0.997. The molecule has 0 radical (unpaired) electrons. The molecule has 5 nitrogen and oxygen atoms in total. The molecule has 0 bridgehead atoms. The van der Waals surface area contributed by atoms with E-state index < -0.39 is 0 Å². The largest absolute Gasteiger partial charge is 0.355 e. The molecule has 5 heteroatoms. The van der Waals surface area contributed by atoms with Gasteiger partial charge in [0.25, 0.3) is 0 Å². The Kier molecular flexibility index (Phi) is 6.74. The Bertz CT molecular complexity index is 194. The van der Waals surface area contributed by atoms with Crippen LogP contribution in [0.15, 0.2) is 0 Å². The molecule has 0 saturated heterocycles. The lowest BCUT2D eigenvalue weighted by Crippen LogP contribution is -2.38. The lowest BCUT2D eigenvalue weighted by atomic mass is 10.1. The van der Waals surface area contributed by atoms with Crippen LogP contribution in [-0.2, 0) is 9.59 Å². The van der Waals surface area contributed by atoms with Crippen molar-refractivity contribution in [1.82, 2.24) is 16.0 Å². The Morgan fingerprint density at radius 3 is 2.29 bits per heavy atom. The van der Waals surface area contributed by atoms with E-state index in [9.17, 15) is 9.59 Å². The van der Waals surface area contributed by atoms with Crippen LogP contribution in [0.3, 0.4) is 0 Å². The number of rotatable bonds is 6. The number of nitrogens with one attached hydrogen (secondary N) is 3. The first-order valence-corrected chi connectivity index (χ1v) is 4.74. The molecule has 0 aromatic heterocycles. The molecule has 0 spiro atoms. The van der Waals surface area contributed by atoms with Gasteiger partial charge in [-0.05, 0) is 7.05 Å². The molecule has 0 rings (SSSR count). The molecule has 3 N–H and O–H groups in total. The zero-order valence-electron chi connectivity index (χ0n) is 9.02. The van der Waals surface area contributed by atoms with E-state index in [0.717, 1.165) is 0 Å². The molecule has 0 saturated carbocycles. The molecule has 1 atom stereocenters. The van der Waals surface area contributed by atoms with Crippen LogP contribution >= 0.6 is 0 Å². The Morgan fingerprint density at radius 2 is 1.79 bits per heavy atom. The van der Waals surface area contributed by atoms with Crippen molar-refractivity contribution < 1.29 is 9.59 Å². The molecule has 14 heavy (non-hydrogen) atoms. The second-order valence-corrected chi connectivity index (χ2v) is 3.23. The van der Waals surface area contributed by atoms with Crippen LogP contribution < -0.4 is 16.0 Å². The summed E-state index contributed by atoms with van der Waals surface area (Å²) in [5.41, 5.74) is 0. The molecule has 82 valence electrons. The molecule has 0 aliphatic carbocycles. The number of hydrogen-bond donors (Lipinski definition) is 3. The van der Waals surface area contributed by atoms with Gasteiger partial charge in [-0.2, -0.15) is 0 Å². The maximum Gasteiger partial charge on any atom is 0.224 e. The van der Waals surface area contributed by atoms with E-state index in [1.165, 1.54) is 6.92 Å². The highest BCUT2D eigenvalue weighted by molar-refractivity contribution is 5.78. The first-order valence-electron chi connectivity index (χ1n) is 4.74. The normalized spacial score (nSPS) is 11.9. The molecular formula is C9H19N3O2. The molecule has 0 heterocycles. The molecule has 0 aromatic carbocycles. The zero-order chi connectivity index (χ0) is 11.0. The fourth-order valence-electron chi connectivity index (χ4n) is 0.997. The number of carbonyl (C=O) groups excluding carboxylic acids is 2. The summed E-state index contributed by atoms with van der Waals surface area (Å²) in [5.74, 6) is -0.121. The van der Waals surface area contributed by atoms with Crippen LogP contribution in [-0.4, -0.2) is 38.5 Å². The van der Waals surface area contributed by atoms with Gasteiger partial charge in [0, 0.05) is 32.5 Å². The van der Waals surface area contributed by atoms with Crippen molar-refractivity contribution in [3.8, 4) is 0 Å². The number of hydrogen-bond acceptors (Lipinski definition) is 3. The van der Waals surface area contributed by atoms with Crippen LogP contribution in [0.25, 0.3) is 0 Å². The van der Waals surface area contributed by atoms with Crippen LogP contribution in [0, 0.1) is 5.92 Å². The van der Waals surface area contributed by atoms with Gasteiger partial charge in [0.2, 0.25) is 11.8 Å². The van der Waals surface area contributed by atoms with E-state index in [4.69, 9.17) is 0 Å². The standard InChI is InChI=1S/C9H19N3O2/c1-7(6-10-3)9(14)12-5-4-11-8(2)13/h7,10H,4-6H2,1-3H3,(H,11,13)(H,12,14). The zero-order valence-corrected chi connectivity index (χ0v) is 9.02. The number of carbonyl (C=O) groups is 2. The highest BCUT2D eigenvalue weighted by Crippen LogP contribution is 1.90. The third-order valence-electron chi connectivity index (χ3n) is 1.76. The minimum Gasteiger partial charge on any atom is -0.355 e. The van der Waals surface area contributed by atoms with Crippen molar-refractivity contribution in [3.63, 3.8) is 0 Å². The minimum absolute atomic E-state index is 0.00435. The summed E-state index contributed by atoms with van der Waals surface area (Å²) >= 11 is 0. The molecule has 0 aliphatic heterocycles. The summed E-state index contributed by atoms with van der Waals surface area (Å²) in [6.45, 7) is 4.92. The van der Waals surface area contributed by atoms with E-state index in [2.05, 4.69) is 16.0 Å². The first kappa shape index (κ1) is 12.9. The van der Waals surface area contributed by atoms with Crippen molar-refractivity contribution in [2.45, 2.75) is 13.8 Å². The lowest BCUT2D eigenvalue weighted by molar-refractivity contribution is -0.124. The van der Waals surface area contributed by atoms with Gasteiger partial charge in [-0.25, -0.2) is 0 Å². The molecular weight excluding hydrogens is 182 g/mol. The average molecular weight is 201 g/mol. The topological polar surface area (TPSA) is 70.2 Å². The third kappa shape index (κ3) is 6.42. The molecule has 1 unspecified atom stereocenters. The maximum atomic E-state index is 11.3. The van der Waals surface area contributed by atoms with Crippen molar-refractivity contribution in [2.75, 3.05) is 26.7 Å². The predicted octanol–water partition coefficient (Wildman–Crippen LogP) is -0.906. The summed E-state index contributed by atoms with van der Waals surface area (Å²) in [7, 11) is 1.81. The van der Waals surface area contributed by atoms with Gasteiger partial charge in [-0.15, -0.1) is 0 Å². The van der Waals surface area contributed by atoms with E-state index >= 15 is 0 Å². The van der Waals surface area contributed by atoms with E-state index in [1.807, 2.05) is 6.92 Å². The Balaban J connectivity index is 3.48. The van der Waals surface area contributed by atoms with Gasteiger partial charge < -0.3 is 16.0 Å². The monoisotopic (exact) mass is 201 g/mol. The quantitative estimate of drug-likeness (QED) is 0.487. The number of amides is 2. The van der Waals surface area contributed by atoms with Gasteiger partial charge >= 0.3 is 0 Å². The summed E-state index contributed by atoms with van der Waals surface area (Å²) in [5, 5.41) is 8.26. The van der Waals surface area contributed by atoms with Crippen molar-refractivity contribution >= 4 is 11.8 Å². The van der Waals surface area contributed by atoms with Gasteiger partial charge in [-0.3, -0.25) is 9.59 Å². The summed E-state index contributed by atoms with van der Waals surface area (Å²) < 4.78 is 0. The molecule has 2 amide bonds. The highest BCUT2D eigenvalue weighted by atomic mass is 16.2. The second kappa shape index (κ2) is 7.32. The van der Waals surface area contributed by atoms with Crippen molar-refractivity contribution in [2.24, 2.45) is 5.92 Å². The molecule has 0 aliphatic rings. The SMILES string of the molecule is CNCC(C)C(=O)NCCNC(C)=O. The van der Waals surface area contributed by atoms with Crippen LogP contribution in [0.5, 0.6) is 0 Å². The smallest absolute Gasteiger partial charge is 0.224 e. The van der Waals surface area contributed by atoms with E-state index in [0.29, 0.717) is 19.6 Å². The fraction of sp³-hybridized carbons (Fsp3) is 0.778. The highest BCUT2D eigenvalue weighted by Gasteiger charge is 2.10. The minimum atomic E-state index is -0.0810. The summed E-state index contributed by atoms with van der Waals surface area (Å²) in [6, 6.07) is 0. The Hall–Kier alpha value is -1.10. The second-order valence-electron chi connectivity index (χ2n) is 3.23. The van der Waals surface area contributed by atoms with Crippen LogP contribution in [0.1, 0.15) is 13.8 Å². The van der Waals surface area contributed by atoms with Gasteiger partial charge in [0.1, 0.15) is 0 Å². The van der Waals surface area contributed by atoms with Gasteiger partial charge in [0.15, 0.2) is 0 Å². The van der Waals surface area contributed by atoms with Crippen molar-refractivity contribution in [1.29, 1.82) is 0 Å². The van der Waals surface area contributed by atoms with E-state index in [1.54, 1.807) is 7.05 Å². The van der Waals surface area contributed by atoms with Gasteiger partial charge in [0.05, 0.1) is 0 Å². The Labute approximate surface area is 84.6 Å². The predicted molar refractivity (Wildman–Crippen MR) is 54.8 cm³/mol.